The Kier molecular flexibility index (Phi) is 3.70. The van der Waals surface area contributed by atoms with Gasteiger partial charge >= 0.3 is 0 Å². The molecule has 50 valence electrons. The van der Waals surface area contributed by atoms with Gasteiger partial charge in [-0.3, -0.25) is 0 Å². The Morgan fingerprint density at radius 2 is 1.88 bits per heavy atom. The Hall–Kier alpha value is 1.05. The highest BCUT2D eigenvalue weighted by atomic mass is 35.6. The van der Waals surface area contributed by atoms with Crippen molar-refractivity contribution in [3.8, 4) is 0 Å². The Labute approximate surface area is 66.8 Å². The van der Waals surface area contributed by atoms with Gasteiger partial charge in [0.05, 0.1) is 6.10 Å². The van der Waals surface area contributed by atoms with Crippen LogP contribution in [-0.4, -0.2) is 20.4 Å². The van der Waals surface area contributed by atoms with Crippen molar-refractivity contribution in [2.45, 2.75) is 16.8 Å². The SMILES string of the molecule is CC(O[SiH3])C(Cl)(Cl)Cl. The van der Waals surface area contributed by atoms with Gasteiger partial charge in [-0.15, -0.1) is 0 Å². The number of alkyl halides is 3. The zero-order valence-corrected chi connectivity index (χ0v) is 8.89. The van der Waals surface area contributed by atoms with E-state index >= 15 is 0 Å². The lowest BCUT2D eigenvalue weighted by molar-refractivity contribution is 0.249. The van der Waals surface area contributed by atoms with Gasteiger partial charge in [-0.25, -0.2) is 0 Å². The monoisotopic (exact) mass is 192 g/mol. The normalized spacial score (nSPS) is 16.5. The Morgan fingerprint density at radius 1 is 1.50 bits per heavy atom. The smallest absolute Gasteiger partial charge is 0.214 e. The molecule has 0 aromatic carbocycles. The molecule has 0 aliphatic heterocycles. The summed E-state index contributed by atoms with van der Waals surface area (Å²) in [6, 6.07) is 0. The molecule has 0 aliphatic carbocycles. The summed E-state index contributed by atoms with van der Waals surface area (Å²) in [4.78, 5) is 0. The van der Waals surface area contributed by atoms with Gasteiger partial charge in [0.25, 0.3) is 0 Å². The van der Waals surface area contributed by atoms with E-state index in [2.05, 4.69) is 0 Å². The van der Waals surface area contributed by atoms with Crippen molar-refractivity contribution in [3.63, 3.8) is 0 Å². The summed E-state index contributed by atoms with van der Waals surface area (Å²) in [7, 11) is 0.600. The van der Waals surface area contributed by atoms with Gasteiger partial charge in [0, 0.05) is 0 Å². The summed E-state index contributed by atoms with van der Waals surface area (Å²) in [6.07, 6.45) is -0.292. The first-order valence-electron chi connectivity index (χ1n) is 2.08. The fraction of sp³-hybridized carbons (Fsp3) is 1.00. The molecule has 1 nitrogen and oxygen atoms in total. The van der Waals surface area contributed by atoms with Crippen LogP contribution in [0.2, 0.25) is 0 Å². The lowest BCUT2D eigenvalue weighted by atomic mass is 10.5. The van der Waals surface area contributed by atoms with Crippen LogP contribution in [0.4, 0.5) is 0 Å². The molecule has 0 N–H and O–H groups in total. The van der Waals surface area contributed by atoms with Crippen LogP contribution in [-0.2, 0) is 4.43 Å². The van der Waals surface area contributed by atoms with E-state index in [1.54, 1.807) is 6.92 Å². The highest BCUT2D eigenvalue weighted by molar-refractivity contribution is 6.68. The molecule has 5 heteroatoms. The van der Waals surface area contributed by atoms with Crippen molar-refractivity contribution in [1.29, 1.82) is 0 Å². The van der Waals surface area contributed by atoms with E-state index in [0.717, 1.165) is 0 Å². The average Bonchev–Trinajstić information content (AvgIpc) is 1.62. The maximum Gasteiger partial charge on any atom is 0.214 e. The molecule has 0 aromatic heterocycles. The number of halogens is 3. The molecule has 0 aromatic rings. The van der Waals surface area contributed by atoms with Crippen LogP contribution in [0.5, 0.6) is 0 Å². The second-order valence-electron chi connectivity index (χ2n) is 1.42. The lowest BCUT2D eigenvalue weighted by Crippen LogP contribution is -2.23. The average molecular weight is 194 g/mol. The maximum atomic E-state index is 5.41. The summed E-state index contributed by atoms with van der Waals surface area (Å²) in [5, 5.41) is 0. The van der Waals surface area contributed by atoms with Gasteiger partial charge in [0.15, 0.2) is 0 Å². The van der Waals surface area contributed by atoms with Crippen LogP contribution < -0.4 is 0 Å². The van der Waals surface area contributed by atoms with E-state index in [9.17, 15) is 0 Å². The first-order valence-corrected chi connectivity index (χ1v) is 4.03. The molecule has 0 radical (unpaired) electrons. The standard InChI is InChI=1S/C3H7Cl3OSi/c1-2(7-8)3(4,5)6/h2H,1,8H3. The Morgan fingerprint density at radius 3 is 1.88 bits per heavy atom. The minimum atomic E-state index is -1.26. The molecule has 0 rings (SSSR count). The molecule has 0 amide bonds. The zero-order valence-electron chi connectivity index (χ0n) is 4.62. The predicted octanol–water partition coefficient (Wildman–Crippen LogP) is 1.04. The minimum Gasteiger partial charge on any atom is -0.421 e. The van der Waals surface area contributed by atoms with Crippen LogP contribution >= 0.6 is 34.8 Å². The van der Waals surface area contributed by atoms with Gasteiger partial charge in [0.2, 0.25) is 3.79 Å². The molecule has 1 atom stereocenters. The van der Waals surface area contributed by atoms with Gasteiger partial charge in [0.1, 0.15) is 10.5 Å². The summed E-state index contributed by atoms with van der Waals surface area (Å²) in [6.45, 7) is 1.72. The van der Waals surface area contributed by atoms with E-state index in [-0.39, 0.29) is 6.10 Å². The molecule has 0 heterocycles. The lowest BCUT2D eigenvalue weighted by Gasteiger charge is -2.18. The summed E-state index contributed by atoms with van der Waals surface area (Å²) >= 11 is 16.2. The summed E-state index contributed by atoms with van der Waals surface area (Å²) < 4.78 is 3.60. The van der Waals surface area contributed by atoms with Crippen LogP contribution in [0.15, 0.2) is 0 Å². The fourth-order valence-electron chi connectivity index (χ4n) is 0.134. The van der Waals surface area contributed by atoms with Crippen molar-refractivity contribution >= 4 is 45.3 Å². The Bertz CT molecular complexity index is 71.4. The molecular weight excluding hydrogens is 186 g/mol. The third-order valence-electron chi connectivity index (χ3n) is 0.815. The highest BCUT2D eigenvalue weighted by Gasteiger charge is 2.27. The number of hydrogen-bond acceptors (Lipinski definition) is 1. The van der Waals surface area contributed by atoms with E-state index in [4.69, 9.17) is 39.2 Å². The summed E-state index contributed by atoms with van der Waals surface area (Å²) in [5.74, 6) is 0. The second-order valence-corrected chi connectivity index (χ2v) is 4.26. The summed E-state index contributed by atoms with van der Waals surface area (Å²) in [5.41, 5.74) is 0. The molecule has 0 fully saturated rings. The molecular formula is C3H7Cl3OSi. The molecule has 8 heavy (non-hydrogen) atoms. The van der Waals surface area contributed by atoms with Crippen LogP contribution in [0.25, 0.3) is 0 Å². The largest absolute Gasteiger partial charge is 0.421 e. The van der Waals surface area contributed by atoms with Crippen LogP contribution in [0, 0.1) is 0 Å². The number of rotatable bonds is 1. The maximum absolute atomic E-state index is 5.41. The highest BCUT2D eigenvalue weighted by Crippen LogP contribution is 2.31. The second kappa shape index (κ2) is 3.27. The van der Waals surface area contributed by atoms with Crippen molar-refractivity contribution in [1.82, 2.24) is 0 Å². The minimum absolute atomic E-state index is 0.292. The van der Waals surface area contributed by atoms with E-state index in [1.165, 1.54) is 0 Å². The molecule has 0 saturated heterocycles. The van der Waals surface area contributed by atoms with Gasteiger partial charge in [-0.1, -0.05) is 34.8 Å². The van der Waals surface area contributed by atoms with Crippen molar-refractivity contribution in [2.24, 2.45) is 0 Å². The first kappa shape index (κ1) is 9.05. The third kappa shape index (κ3) is 3.15. The van der Waals surface area contributed by atoms with Gasteiger partial charge in [-0.05, 0) is 6.92 Å². The van der Waals surface area contributed by atoms with E-state index in [0.29, 0.717) is 10.5 Å². The molecule has 0 aliphatic rings. The Balaban J connectivity index is 3.62. The van der Waals surface area contributed by atoms with Crippen LogP contribution in [0.3, 0.4) is 0 Å². The van der Waals surface area contributed by atoms with Gasteiger partial charge in [-0.2, -0.15) is 0 Å². The molecule has 0 spiro atoms. The predicted molar refractivity (Wildman–Crippen MR) is 40.8 cm³/mol. The van der Waals surface area contributed by atoms with E-state index in [1.807, 2.05) is 0 Å². The van der Waals surface area contributed by atoms with Crippen LogP contribution in [0.1, 0.15) is 6.92 Å². The fourth-order valence-corrected chi connectivity index (χ4v) is 1.20. The molecule has 1 unspecified atom stereocenters. The number of hydrogen-bond donors (Lipinski definition) is 0. The first-order chi connectivity index (χ1) is 3.48. The zero-order chi connectivity index (χ0) is 6.78. The quantitative estimate of drug-likeness (QED) is 0.447. The van der Waals surface area contributed by atoms with Crippen molar-refractivity contribution in [2.75, 3.05) is 0 Å². The van der Waals surface area contributed by atoms with Crippen molar-refractivity contribution < 1.29 is 4.43 Å². The van der Waals surface area contributed by atoms with Gasteiger partial charge < -0.3 is 4.43 Å². The third-order valence-corrected chi connectivity index (χ3v) is 2.44. The topological polar surface area (TPSA) is 9.23 Å². The van der Waals surface area contributed by atoms with E-state index < -0.39 is 3.79 Å². The van der Waals surface area contributed by atoms with Crippen molar-refractivity contribution in [3.05, 3.63) is 0 Å². The molecule has 0 bridgehead atoms. The molecule has 0 saturated carbocycles.